The van der Waals surface area contributed by atoms with E-state index in [0.29, 0.717) is 28.9 Å². The number of rotatable bonds is 6. The van der Waals surface area contributed by atoms with E-state index in [-0.39, 0.29) is 17.3 Å². The molecular weight excluding hydrogens is 573 g/mol. The van der Waals surface area contributed by atoms with Crippen molar-refractivity contribution < 1.29 is 18.0 Å². The maximum Gasteiger partial charge on any atom is 0.405 e. The van der Waals surface area contributed by atoms with Crippen molar-refractivity contribution >= 4 is 23.0 Å². The smallest absolute Gasteiger partial charge is 0.371 e. The third kappa shape index (κ3) is 8.02. The van der Waals surface area contributed by atoms with Crippen LogP contribution in [-0.2, 0) is 0 Å². The van der Waals surface area contributed by atoms with Gasteiger partial charge in [0.2, 0.25) is 0 Å². The highest BCUT2D eigenvalue weighted by atomic mass is 19.4. The maximum absolute atomic E-state index is 12.6. The molecule has 9 nitrogen and oxygen atoms in total. The van der Waals surface area contributed by atoms with Crippen LogP contribution in [0.2, 0.25) is 0 Å². The number of halogens is 3. The number of hydrogen-bond acceptors (Lipinski definition) is 8. The van der Waals surface area contributed by atoms with Gasteiger partial charge in [0.25, 0.3) is 16.8 Å². The molecule has 0 aliphatic carbocycles. The van der Waals surface area contributed by atoms with E-state index in [1.807, 2.05) is 10.2 Å². The number of nitrogens with zero attached hydrogens (tertiary/aromatic N) is 4. The number of piperidine rings is 2. The fourth-order valence-electron chi connectivity index (χ4n) is 5.66. The first kappa shape index (κ1) is 32.7. The quantitative estimate of drug-likeness (QED) is 0.373. The molecule has 1 amide bonds. The second kappa shape index (κ2) is 14.0. The Labute approximate surface area is 254 Å². The Bertz CT molecular complexity index is 1570. The number of aromatic nitrogens is 1. The summed E-state index contributed by atoms with van der Waals surface area (Å²) in [5.74, 6) is 0.0969. The van der Waals surface area contributed by atoms with Crippen LogP contribution >= 0.6 is 0 Å². The van der Waals surface area contributed by atoms with Gasteiger partial charge in [-0.1, -0.05) is 6.42 Å². The molecule has 2 saturated heterocycles. The van der Waals surface area contributed by atoms with Gasteiger partial charge in [0.15, 0.2) is 0 Å². The lowest BCUT2D eigenvalue weighted by Crippen LogP contribution is -2.51. The van der Waals surface area contributed by atoms with Gasteiger partial charge in [0.1, 0.15) is 17.9 Å². The molecule has 12 heteroatoms. The number of alkyl halides is 3. The zero-order chi connectivity index (χ0) is 32.0. The Balaban J connectivity index is 0.000000202. The van der Waals surface area contributed by atoms with Crippen molar-refractivity contribution in [3.63, 3.8) is 0 Å². The summed E-state index contributed by atoms with van der Waals surface area (Å²) in [5.41, 5.74) is 1.03. The fraction of sp³-hybridized carbons (Fsp3) is 0.469. The molecule has 1 unspecified atom stereocenters. The van der Waals surface area contributed by atoms with Gasteiger partial charge in [-0.15, -0.1) is 0 Å². The van der Waals surface area contributed by atoms with Crippen molar-refractivity contribution in [2.24, 2.45) is 0 Å². The van der Waals surface area contributed by atoms with E-state index in [9.17, 15) is 27.6 Å². The van der Waals surface area contributed by atoms with E-state index in [1.165, 1.54) is 32.0 Å². The minimum absolute atomic E-state index is 0.0969. The van der Waals surface area contributed by atoms with Gasteiger partial charge in [-0.2, -0.15) is 18.4 Å². The molecule has 1 atom stereocenters. The average molecular weight is 611 g/mol. The Morgan fingerprint density at radius 1 is 1.02 bits per heavy atom. The molecule has 3 aromatic rings. The second-order valence-corrected chi connectivity index (χ2v) is 11.4. The Kier molecular flexibility index (Phi) is 10.4. The molecule has 0 bridgehead atoms. The summed E-state index contributed by atoms with van der Waals surface area (Å²) in [7, 11) is 0. The molecule has 44 heavy (non-hydrogen) atoms. The van der Waals surface area contributed by atoms with Gasteiger partial charge in [0, 0.05) is 36.4 Å². The molecule has 0 saturated carbocycles. The van der Waals surface area contributed by atoms with Gasteiger partial charge in [0.05, 0.1) is 23.5 Å². The topological polar surface area (TPSA) is 118 Å². The minimum Gasteiger partial charge on any atom is -0.371 e. The van der Waals surface area contributed by atoms with Crippen molar-refractivity contribution in [1.29, 1.82) is 5.26 Å². The number of carbonyl (C=O) groups is 1. The molecule has 0 radical (unpaired) electrons. The van der Waals surface area contributed by atoms with Gasteiger partial charge < -0.3 is 15.5 Å². The number of anilines is 3. The molecule has 234 valence electrons. The number of nitriles is 1. The SMILES string of the molecule is CC1CCCCN1C1CCN(C(=O)c2ccc(C#N)cc2)CC1.Cc1cc(Nc2c(NCC(F)(F)F)c(=O)c2=O)cnc1C. The summed E-state index contributed by atoms with van der Waals surface area (Å²) in [6.07, 6.45) is 3.09. The molecule has 0 spiro atoms. The average Bonchev–Trinajstić information content (AvgIpc) is 3.02. The van der Waals surface area contributed by atoms with E-state index in [1.54, 1.807) is 44.2 Å². The number of nitrogens with one attached hydrogen (secondary N) is 2. The molecule has 2 fully saturated rings. The van der Waals surface area contributed by atoms with Gasteiger partial charge in [-0.3, -0.25) is 24.3 Å². The third-order valence-corrected chi connectivity index (χ3v) is 8.32. The lowest BCUT2D eigenvalue weighted by atomic mass is 9.95. The monoisotopic (exact) mass is 610 g/mol. The molecule has 2 aliphatic heterocycles. The zero-order valence-corrected chi connectivity index (χ0v) is 25.1. The van der Waals surface area contributed by atoms with Crippen LogP contribution in [0.25, 0.3) is 0 Å². The first-order valence-electron chi connectivity index (χ1n) is 14.8. The summed E-state index contributed by atoms with van der Waals surface area (Å²) < 4.78 is 36.4. The molecule has 2 aliphatic rings. The number of carbonyl (C=O) groups excluding carboxylic acids is 1. The van der Waals surface area contributed by atoms with Crippen LogP contribution in [0.15, 0.2) is 46.1 Å². The molecular formula is C32H37F3N6O3. The number of aryl methyl sites for hydroxylation is 2. The van der Waals surface area contributed by atoms with Crippen LogP contribution in [0.4, 0.5) is 30.2 Å². The van der Waals surface area contributed by atoms with E-state index in [4.69, 9.17) is 5.26 Å². The van der Waals surface area contributed by atoms with Crippen LogP contribution in [0.3, 0.4) is 0 Å². The van der Waals surface area contributed by atoms with E-state index >= 15 is 0 Å². The van der Waals surface area contributed by atoms with Gasteiger partial charge in [-0.05, 0) is 88.9 Å². The Morgan fingerprint density at radius 2 is 1.68 bits per heavy atom. The fourth-order valence-corrected chi connectivity index (χ4v) is 5.66. The van der Waals surface area contributed by atoms with Crippen LogP contribution in [-0.4, -0.2) is 65.1 Å². The number of amides is 1. The van der Waals surface area contributed by atoms with E-state index in [0.717, 1.165) is 37.2 Å². The third-order valence-electron chi connectivity index (χ3n) is 8.32. The van der Waals surface area contributed by atoms with E-state index < -0.39 is 23.6 Å². The predicted molar refractivity (Wildman–Crippen MR) is 163 cm³/mol. The number of likely N-dealkylation sites (tertiary alicyclic amines) is 2. The second-order valence-electron chi connectivity index (χ2n) is 11.4. The van der Waals surface area contributed by atoms with Crippen molar-refractivity contribution in [2.75, 3.05) is 36.8 Å². The lowest BCUT2D eigenvalue weighted by Gasteiger charge is -2.43. The predicted octanol–water partition coefficient (Wildman–Crippen LogP) is 5.05. The molecule has 3 heterocycles. The molecule has 2 N–H and O–H groups in total. The summed E-state index contributed by atoms with van der Waals surface area (Å²) in [6.45, 7) is 7.46. The maximum atomic E-state index is 12.6. The van der Waals surface area contributed by atoms with Crippen LogP contribution in [0.5, 0.6) is 0 Å². The van der Waals surface area contributed by atoms with Crippen molar-refractivity contribution in [3.05, 3.63) is 79.4 Å². The van der Waals surface area contributed by atoms with E-state index in [2.05, 4.69) is 28.2 Å². The van der Waals surface area contributed by atoms with Crippen LogP contribution in [0, 0.1) is 25.2 Å². The first-order valence-corrected chi connectivity index (χ1v) is 14.8. The molecule has 5 rings (SSSR count). The minimum atomic E-state index is -4.47. The summed E-state index contributed by atoms with van der Waals surface area (Å²) in [6, 6.07) is 12.1. The highest BCUT2D eigenvalue weighted by Crippen LogP contribution is 2.26. The highest BCUT2D eigenvalue weighted by molar-refractivity contribution is 5.94. The van der Waals surface area contributed by atoms with Crippen molar-refractivity contribution in [3.8, 4) is 6.07 Å². The molecule has 1 aromatic heterocycles. The number of hydrogen-bond donors (Lipinski definition) is 2. The largest absolute Gasteiger partial charge is 0.405 e. The standard InChI is InChI=1S/C19H25N3O.C13H12F3N3O2/c1-15-4-2-3-11-22(15)18-9-12-21(13-10-18)19(23)17-7-5-16(14-20)6-8-17;1-6-3-8(4-17-7(6)2)19-10-9(11(20)12(10)21)18-5-13(14,15)16/h5-8,15,18H,2-4,9-13H2,1H3;3-4,18-19H,5H2,1-2H3. The number of pyridine rings is 1. The van der Waals surface area contributed by atoms with Gasteiger partial charge in [-0.25, -0.2) is 0 Å². The summed E-state index contributed by atoms with van der Waals surface area (Å²) in [4.78, 5) is 44.0. The van der Waals surface area contributed by atoms with Crippen LogP contribution < -0.4 is 21.5 Å². The zero-order valence-electron chi connectivity index (χ0n) is 25.1. The summed E-state index contributed by atoms with van der Waals surface area (Å²) >= 11 is 0. The van der Waals surface area contributed by atoms with Crippen molar-refractivity contribution in [1.82, 2.24) is 14.8 Å². The van der Waals surface area contributed by atoms with Crippen molar-refractivity contribution in [2.45, 2.75) is 71.1 Å². The Hall–Kier alpha value is -4.24. The van der Waals surface area contributed by atoms with Crippen LogP contribution in [0.1, 0.15) is 66.2 Å². The highest BCUT2D eigenvalue weighted by Gasteiger charge is 2.31. The summed E-state index contributed by atoms with van der Waals surface area (Å²) in [5, 5.41) is 13.4. The first-order chi connectivity index (χ1) is 20.9. The molecule has 2 aromatic carbocycles. The number of benzene rings is 1. The van der Waals surface area contributed by atoms with Gasteiger partial charge >= 0.3 is 6.18 Å². The lowest BCUT2D eigenvalue weighted by molar-refractivity contribution is -0.115. The Morgan fingerprint density at radius 3 is 2.27 bits per heavy atom. The normalized spacial score (nSPS) is 17.8.